The second-order valence-electron chi connectivity index (χ2n) is 3.95. The van der Waals surface area contributed by atoms with E-state index in [0.29, 0.717) is 6.42 Å². The van der Waals surface area contributed by atoms with Gasteiger partial charge in [0.2, 0.25) is 0 Å². The van der Waals surface area contributed by atoms with Gasteiger partial charge < -0.3 is 4.74 Å². The molecule has 0 amide bonds. The van der Waals surface area contributed by atoms with E-state index < -0.39 is 0 Å². The van der Waals surface area contributed by atoms with Crippen molar-refractivity contribution in [3.8, 4) is 0 Å². The Labute approximate surface area is 86.3 Å². The van der Waals surface area contributed by atoms with Gasteiger partial charge in [-0.15, -0.1) is 0 Å². The average Bonchev–Trinajstić information content (AvgIpc) is 2.13. The lowest BCUT2D eigenvalue weighted by molar-refractivity contribution is -0.148. The summed E-state index contributed by atoms with van der Waals surface area (Å²) in [5, 5.41) is 0. The predicted octanol–water partition coefficient (Wildman–Crippen LogP) is 3.22. The molecule has 14 heavy (non-hydrogen) atoms. The van der Waals surface area contributed by atoms with Crippen LogP contribution in [0.4, 0.5) is 0 Å². The molecule has 1 atom stereocenters. The first-order valence-electron chi connectivity index (χ1n) is 5.63. The highest BCUT2D eigenvalue weighted by Crippen LogP contribution is 2.10. The van der Waals surface area contributed by atoms with Gasteiger partial charge in [-0.2, -0.15) is 0 Å². The molecule has 0 fully saturated rings. The van der Waals surface area contributed by atoms with Crippen LogP contribution in [0.1, 0.15) is 51.9 Å². The zero-order valence-electron chi connectivity index (χ0n) is 9.00. The summed E-state index contributed by atoms with van der Waals surface area (Å²) in [6.07, 6.45) is 11.5. The normalized spacial score (nSPS) is 26.1. The van der Waals surface area contributed by atoms with Crippen LogP contribution in [0.2, 0.25) is 0 Å². The molecule has 0 N–H and O–H groups in total. The van der Waals surface area contributed by atoms with Crippen LogP contribution in [0.3, 0.4) is 0 Å². The van der Waals surface area contributed by atoms with E-state index >= 15 is 0 Å². The molecule has 0 aromatic carbocycles. The van der Waals surface area contributed by atoms with Gasteiger partial charge in [0, 0.05) is 6.42 Å². The SMILES string of the molecule is CC1CCCCC=CCCCC(=O)O1. The largest absolute Gasteiger partial charge is 0.463 e. The van der Waals surface area contributed by atoms with E-state index in [1.165, 1.54) is 12.8 Å². The van der Waals surface area contributed by atoms with Gasteiger partial charge in [-0.05, 0) is 45.4 Å². The molecule has 0 aliphatic carbocycles. The van der Waals surface area contributed by atoms with Crippen molar-refractivity contribution in [2.24, 2.45) is 0 Å². The van der Waals surface area contributed by atoms with Crippen LogP contribution in [0.5, 0.6) is 0 Å². The fourth-order valence-electron chi connectivity index (χ4n) is 1.64. The summed E-state index contributed by atoms with van der Waals surface area (Å²) in [5.41, 5.74) is 0. The van der Waals surface area contributed by atoms with Gasteiger partial charge in [-0.1, -0.05) is 12.2 Å². The Morgan fingerprint density at radius 2 is 1.93 bits per heavy atom. The van der Waals surface area contributed by atoms with Crippen molar-refractivity contribution in [1.82, 2.24) is 0 Å². The Morgan fingerprint density at radius 1 is 1.21 bits per heavy atom. The number of hydrogen-bond donors (Lipinski definition) is 0. The first-order chi connectivity index (χ1) is 6.79. The van der Waals surface area contributed by atoms with Gasteiger partial charge >= 0.3 is 5.97 Å². The van der Waals surface area contributed by atoms with Crippen molar-refractivity contribution in [1.29, 1.82) is 0 Å². The summed E-state index contributed by atoms with van der Waals surface area (Å²) in [6, 6.07) is 0. The number of rotatable bonds is 0. The maximum atomic E-state index is 11.3. The lowest BCUT2D eigenvalue weighted by atomic mass is 10.1. The molecule has 2 heteroatoms. The molecule has 1 rings (SSSR count). The summed E-state index contributed by atoms with van der Waals surface area (Å²) in [5.74, 6) is -0.0357. The maximum Gasteiger partial charge on any atom is 0.306 e. The summed E-state index contributed by atoms with van der Waals surface area (Å²) >= 11 is 0. The molecule has 0 saturated carbocycles. The Morgan fingerprint density at radius 3 is 2.71 bits per heavy atom. The number of hydrogen-bond acceptors (Lipinski definition) is 2. The number of carbonyl (C=O) groups is 1. The standard InChI is InChI=1S/C12H20O2/c1-11-9-7-5-3-2-4-6-8-10-12(13)14-11/h2,4,11H,3,5-10H2,1H3. The van der Waals surface area contributed by atoms with Crippen molar-refractivity contribution in [3.63, 3.8) is 0 Å². The summed E-state index contributed by atoms with van der Waals surface area (Å²) in [6.45, 7) is 1.99. The molecule has 0 saturated heterocycles. The van der Waals surface area contributed by atoms with E-state index in [0.717, 1.165) is 25.7 Å². The Balaban J connectivity index is 2.35. The Bertz CT molecular complexity index is 196. The van der Waals surface area contributed by atoms with E-state index in [9.17, 15) is 4.79 Å². The van der Waals surface area contributed by atoms with Crippen molar-refractivity contribution in [2.45, 2.75) is 58.0 Å². The molecule has 1 heterocycles. The highest BCUT2D eigenvalue weighted by atomic mass is 16.5. The second-order valence-corrected chi connectivity index (χ2v) is 3.95. The quantitative estimate of drug-likeness (QED) is 0.439. The van der Waals surface area contributed by atoms with Crippen LogP contribution < -0.4 is 0 Å². The molecular formula is C12H20O2. The van der Waals surface area contributed by atoms with Gasteiger partial charge in [-0.3, -0.25) is 4.79 Å². The maximum absolute atomic E-state index is 11.3. The Hall–Kier alpha value is -0.790. The Kier molecular flexibility index (Phi) is 5.35. The minimum Gasteiger partial charge on any atom is -0.463 e. The molecule has 1 aliphatic rings. The van der Waals surface area contributed by atoms with E-state index in [1.807, 2.05) is 6.92 Å². The number of carbonyl (C=O) groups excluding carboxylic acids is 1. The van der Waals surface area contributed by atoms with Crippen molar-refractivity contribution in [3.05, 3.63) is 12.2 Å². The number of cyclic esters (lactones) is 1. The van der Waals surface area contributed by atoms with E-state index in [-0.39, 0.29) is 12.1 Å². The summed E-state index contributed by atoms with van der Waals surface area (Å²) in [4.78, 5) is 11.3. The molecule has 1 aliphatic heterocycles. The first-order valence-corrected chi connectivity index (χ1v) is 5.63. The predicted molar refractivity (Wildman–Crippen MR) is 57.0 cm³/mol. The molecule has 1 unspecified atom stereocenters. The van der Waals surface area contributed by atoms with Crippen molar-refractivity contribution in [2.75, 3.05) is 0 Å². The van der Waals surface area contributed by atoms with E-state index in [2.05, 4.69) is 12.2 Å². The van der Waals surface area contributed by atoms with Crippen LogP contribution in [0.15, 0.2) is 12.2 Å². The van der Waals surface area contributed by atoms with Gasteiger partial charge in [0.15, 0.2) is 0 Å². The fraction of sp³-hybridized carbons (Fsp3) is 0.750. The zero-order chi connectivity index (χ0) is 10.2. The number of ether oxygens (including phenoxy) is 1. The number of allylic oxidation sites excluding steroid dienone is 2. The van der Waals surface area contributed by atoms with Crippen LogP contribution in [0, 0.1) is 0 Å². The highest BCUT2D eigenvalue weighted by Gasteiger charge is 2.08. The van der Waals surface area contributed by atoms with Gasteiger partial charge in [-0.25, -0.2) is 0 Å². The number of esters is 1. The van der Waals surface area contributed by atoms with Gasteiger partial charge in [0.25, 0.3) is 0 Å². The lowest BCUT2D eigenvalue weighted by Gasteiger charge is -2.13. The van der Waals surface area contributed by atoms with Gasteiger partial charge in [0.05, 0.1) is 6.10 Å². The molecule has 0 spiro atoms. The fourth-order valence-corrected chi connectivity index (χ4v) is 1.64. The topological polar surface area (TPSA) is 26.3 Å². The van der Waals surface area contributed by atoms with Crippen LogP contribution in [-0.2, 0) is 9.53 Å². The molecule has 2 nitrogen and oxygen atoms in total. The molecular weight excluding hydrogens is 176 g/mol. The van der Waals surface area contributed by atoms with Crippen LogP contribution in [0.25, 0.3) is 0 Å². The molecule has 0 aromatic rings. The van der Waals surface area contributed by atoms with Crippen molar-refractivity contribution >= 4 is 5.97 Å². The van der Waals surface area contributed by atoms with Crippen LogP contribution >= 0.6 is 0 Å². The molecule has 0 aromatic heterocycles. The molecule has 80 valence electrons. The highest BCUT2D eigenvalue weighted by molar-refractivity contribution is 5.69. The molecule has 0 bridgehead atoms. The summed E-state index contributed by atoms with van der Waals surface area (Å²) < 4.78 is 5.26. The average molecular weight is 196 g/mol. The zero-order valence-corrected chi connectivity index (χ0v) is 9.00. The third-order valence-electron chi connectivity index (χ3n) is 2.48. The molecule has 0 radical (unpaired) electrons. The monoisotopic (exact) mass is 196 g/mol. The van der Waals surface area contributed by atoms with Crippen molar-refractivity contribution < 1.29 is 9.53 Å². The minimum absolute atomic E-state index is 0.0357. The van der Waals surface area contributed by atoms with Gasteiger partial charge in [0.1, 0.15) is 0 Å². The van der Waals surface area contributed by atoms with E-state index in [1.54, 1.807) is 0 Å². The third-order valence-corrected chi connectivity index (χ3v) is 2.48. The minimum atomic E-state index is -0.0357. The smallest absolute Gasteiger partial charge is 0.306 e. The van der Waals surface area contributed by atoms with E-state index in [4.69, 9.17) is 4.74 Å². The second kappa shape index (κ2) is 6.63. The third kappa shape index (κ3) is 5.05. The lowest BCUT2D eigenvalue weighted by Crippen LogP contribution is -2.14. The summed E-state index contributed by atoms with van der Waals surface area (Å²) in [7, 11) is 0. The first kappa shape index (κ1) is 11.3. The van der Waals surface area contributed by atoms with Crippen LogP contribution in [-0.4, -0.2) is 12.1 Å².